The highest BCUT2D eigenvalue weighted by Crippen LogP contribution is 2.15. The second kappa shape index (κ2) is 8.68. The molecule has 6 heteroatoms. The number of pyridine rings is 1. The normalized spacial score (nSPS) is 11.1. The van der Waals surface area contributed by atoms with Gasteiger partial charge in [0.05, 0.1) is 5.69 Å². The van der Waals surface area contributed by atoms with Crippen LogP contribution < -0.4 is 10.1 Å². The molecule has 0 aliphatic heterocycles. The highest BCUT2D eigenvalue weighted by Gasteiger charge is 2.07. The van der Waals surface area contributed by atoms with Gasteiger partial charge < -0.3 is 19.4 Å². The Kier molecular flexibility index (Phi) is 6.08. The van der Waals surface area contributed by atoms with Gasteiger partial charge in [-0.15, -0.1) is 0 Å². The zero-order valence-corrected chi connectivity index (χ0v) is 16.1. The van der Waals surface area contributed by atoms with E-state index in [0.29, 0.717) is 24.5 Å². The molecule has 3 rings (SSSR count). The molecule has 3 aromatic rings. The number of likely N-dealkylation sites (N-methyl/N-ethyl adjacent to an activating group) is 1. The van der Waals surface area contributed by atoms with Crippen LogP contribution in [0.4, 0.5) is 0 Å². The summed E-state index contributed by atoms with van der Waals surface area (Å²) in [5, 5.41) is 2.93. The third-order valence-electron chi connectivity index (χ3n) is 4.47. The van der Waals surface area contributed by atoms with Crippen LogP contribution in [-0.2, 0) is 6.61 Å². The predicted molar refractivity (Wildman–Crippen MR) is 106 cm³/mol. The van der Waals surface area contributed by atoms with Crippen molar-refractivity contribution in [1.29, 1.82) is 0 Å². The number of benzene rings is 1. The summed E-state index contributed by atoms with van der Waals surface area (Å²) < 4.78 is 7.80. The molecule has 0 unspecified atom stereocenters. The molecule has 2 aromatic heterocycles. The van der Waals surface area contributed by atoms with Crippen molar-refractivity contribution in [3.8, 4) is 5.75 Å². The van der Waals surface area contributed by atoms with Gasteiger partial charge in [-0.25, -0.2) is 4.98 Å². The van der Waals surface area contributed by atoms with E-state index < -0.39 is 0 Å². The molecular formula is C21H26N4O2. The fraction of sp³-hybridized carbons (Fsp3) is 0.333. The van der Waals surface area contributed by atoms with Crippen molar-refractivity contribution in [3.63, 3.8) is 0 Å². The SMILES string of the molecule is CCN(C)CCNC(=O)c1ccc(OCc2cn3cc(C)ccc3n2)cc1. The maximum atomic E-state index is 12.1. The molecule has 0 aliphatic carbocycles. The van der Waals surface area contributed by atoms with E-state index in [-0.39, 0.29) is 5.91 Å². The highest BCUT2D eigenvalue weighted by molar-refractivity contribution is 5.94. The fourth-order valence-electron chi connectivity index (χ4n) is 2.71. The zero-order valence-electron chi connectivity index (χ0n) is 16.1. The molecule has 1 N–H and O–H groups in total. The summed E-state index contributed by atoms with van der Waals surface area (Å²) in [7, 11) is 2.03. The van der Waals surface area contributed by atoms with Gasteiger partial charge in [0.15, 0.2) is 0 Å². The summed E-state index contributed by atoms with van der Waals surface area (Å²) in [6, 6.07) is 11.2. The average Bonchev–Trinajstić information content (AvgIpc) is 3.08. The van der Waals surface area contributed by atoms with Gasteiger partial charge in [0.25, 0.3) is 5.91 Å². The Bertz CT molecular complexity index is 902. The van der Waals surface area contributed by atoms with Crippen LogP contribution in [0, 0.1) is 6.92 Å². The number of nitrogens with one attached hydrogen (secondary N) is 1. The van der Waals surface area contributed by atoms with Gasteiger partial charge in [-0.1, -0.05) is 13.0 Å². The molecule has 1 amide bonds. The molecule has 0 spiro atoms. The van der Waals surface area contributed by atoms with E-state index in [1.165, 1.54) is 5.56 Å². The van der Waals surface area contributed by atoms with E-state index in [4.69, 9.17) is 4.74 Å². The number of aromatic nitrogens is 2. The third kappa shape index (κ3) is 5.08. The summed E-state index contributed by atoms with van der Waals surface area (Å²) in [5.41, 5.74) is 3.58. The number of hydrogen-bond donors (Lipinski definition) is 1. The summed E-state index contributed by atoms with van der Waals surface area (Å²) in [5.74, 6) is 0.646. The first-order chi connectivity index (χ1) is 13.0. The summed E-state index contributed by atoms with van der Waals surface area (Å²) in [6.45, 7) is 6.96. The molecule has 0 fully saturated rings. The molecule has 142 valence electrons. The number of imidazole rings is 1. The van der Waals surface area contributed by atoms with Gasteiger partial charge in [0.1, 0.15) is 18.0 Å². The number of carbonyl (C=O) groups is 1. The van der Waals surface area contributed by atoms with E-state index >= 15 is 0 Å². The monoisotopic (exact) mass is 366 g/mol. The van der Waals surface area contributed by atoms with Gasteiger partial charge in [0, 0.05) is 31.0 Å². The van der Waals surface area contributed by atoms with Crippen LogP contribution in [0.25, 0.3) is 5.65 Å². The van der Waals surface area contributed by atoms with Crippen molar-refractivity contribution in [3.05, 3.63) is 65.6 Å². The van der Waals surface area contributed by atoms with Crippen LogP contribution in [0.2, 0.25) is 0 Å². The summed E-state index contributed by atoms with van der Waals surface area (Å²) >= 11 is 0. The molecule has 0 aliphatic rings. The number of nitrogens with zero attached hydrogens (tertiary/aromatic N) is 3. The lowest BCUT2D eigenvalue weighted by Crippen LogP contribution is -2.32. The van der Waals surface area contributed by atoms with Crippen molar-refractivity contribution < 1.29 is 9.53 Å². The lowest BCUT2D eigenvalue weighted by Gasteiger charge is -2.14. The second-order valence-corrected chi connectivity index (χ2v) is 6.67. The van der Waals surface area contributed by atoms with Crippen LogP contribution >= 0.6 is 0 Å². The predicted octanol–water partition coefficient (Wildman–Crippen LogP) is 2.90. The van der Waals surface area contributed by atoms with Crippen LogP contribution in [0.1, 0.15) is 28.5 Å². The van der Waals surface area contributed by atoms with E-state index in [9.17, 15) is 4.79 Å². The van der Waals surface area contributed by atoms with Crippen molar-refractivity contribution in [1.82, 2.24) is 19.6 Å². The number of hydrogen-bond acceptors (Lipinski definition) is 4. The average molecular weight is 366 g/mol. The molecule has 6 nitrogen and oxygen atoms in total. The van der Waals surface area contributed by atoms with E-state index in [2.05, 4.69) is 29.0 Å². The second-order valence-electron chi connectivity index (χ2n) is 6.67. The van der Waals surface area contributed by atoms with Crippen molar-refractivity contribution in [2.45, 2.75) is 20.5 Å². The Morgan fingerprint density at radius 2 is 1.96 bits per heavy atom. The molecule has 2 heterocycles. The molecule has 0 saturated heterocycles. The minimum absolute atomic E-state index is 0.0678. The molecule has 0 atom stereocenters. The molecule has 0 saturated carbocycles. The van der Waals surface area contributed by atoms with Crippen LogP contribution in [-0.4, -0.2) is 46.9 Å². The number of fused-ring (bicyclic) bond motifs is 1. The lowest BCUT2D eigenvalue weighted by molar-refractivity contribution is 0.0950. The van der Waals surface area contributed by atoms with Crippen LogP contribution in [0.5, 0.6) is 5.75 Å². The minimum atomic E-state index is -0.0678. The third-order valence-corrected chi connectivity index (χ3v) is 4.47. The first-order valence-corrected chi connectivity index (χ1v) is 9.19. The quantitative estimate of drug-likeness (QED) is 0.666. The Morgan fingerprint density at radius 1 is 1.19 bits per heavy atom. The van der Waals surface area contributed by atoms with Gasteiger partial charge in [-0.05, 0) is 56.4 Å². The summed E-state index contributed by atoms with van der Waals surface area (Å²) in [6.07, 6.45) is 4.01. The number of carbonyl (C=O) groups excluding carboxylic acids is 1. The lowest BCUT2D eigenvalue weighted by atomic mass is 10.2. The van der Waals surface area contributed by atoms with Gasteiger partial charge in [0.2, 0.25) is 0 Å². The van der Waals surface area contributed by atoms with E-state index in [1.807, 2.05) is 48.1 Å². The Morgan fingerprint density at radius 3 is 2.70 bits per heavy atom. The van der Waals surface area contributed by atoms with Gasteiger partial charge in [-0.3, -0.25) is 4.79 Å². The number of amides is 1. The maximum Gasteiger partial charge on any atom is 0.251 e. The first kappa shape index (κ1) is 18.9. The van der Waals surface area contributed by atoms with Gasteiger partial charge >= 0.3 is 0 Å². The number of aryl methyl sites for hydroxylation is 1. The van der Waals surface area contributed by atoms with Crippen molar-refractivity contribution in [2.75, 3.05) is 26.7 Å². The number of rotatable bonds is 8. The van der Waals surface area contributed by atoms with Crippen LogP contribution in [0.15, 0.2) is 48.8 Å². The Labute approximate surface area is 159 Å². The topological polar surface area (TPSA) is 58.9 Å². The van der Waals surface area contributed by atoms with Crippen molar-refractivity contribution >= 4 is 11.6 Å². The van der Waals surface area contributed by atoms with Crippen LogP contribution in [0.3, 0.4) is 0 Å². The highest BCUT2D eigenvalue weighted by atomic mass is 16.5. The molecular weight excluding hydrogens is 340 g/mol. The molecule has 27 heavy (non-hydrogen) atoms. The molecule has 1 aromatic carbocycles. The van der Waals surface area contributed by atoms with Crippen molar-refractivity contribution in [2.24, 2.45) is 0 Å². The van der Waals surface area contributed by atoms with Gasteiger partial charge in [-0.2, -0.15) is 0 Å². The first-order valence-electron chi connectivity index (χ1n) is 9.19. The molecule has 0 radical (unpaired) electrons. The fourth-order valence-corrected chi connectivity index (χ4v) is 2.71. The van der Waals surface area contributed by atoms with E-state index in [1.54, 1.807) is 12.1 Å². The number of ether oxygens (including phenoxy) is 1. The molecule has 0 bridgehead atoms. The minimum Gasteiger partial charge on any atom is -0.487 e. The smallest absolute Gasteiger partial charge is 0.251 e. The van der Waals surface area contributed by atoms with E-state index in [0.717, 1.165) is 24.4 Å². The maximum absolute atomic E-state index is 12.1. The Balaban J connectivity index is 1.53. The largest absolute Gasteiger partial charge is 0.487 e. The summed E-state index contributed by atoms with van der Waals surface area (Å²) in [4.78, 5) is 18.8. The standard InChI is InChI=1S/C21H26N4O2/c1-4-24(3)12-11-22-21(26)17-6-8-19(9-7-17)27-15-18-14-25-13-16(2)5-10-20(25)23-18/h5-10,13-14H,4,11-12,15H2,1-3H3,(H,22,26). The zero-order chi connectivity index (χ0) is 19.2. The Hall–Kier alpha value is -2.86.